The fourth-order valence-corrected chi connectivity index (χ4v) is 3.67. The Bertz CT molecular complexity index is 1130. The van der Waals surface area contributed by atoms with E-state index in [1.54, 1.807) is 23.2 Å². The molecule has 1 amide bonds. The number of rotatable bonds is 7. The molecule has 2 aromatic heterocycles. The van der Waals surface area contributed by atoms with E-state index in [2.05, 4.69) is 20.0 Å². The lowest BCUT2D eigenvalue weighted by molar-refractivity contribution is 0.0945. The summed E-state index contributed by atoms with van der Waals surface area (Å²) in [6, 6.07) is 6.23. The smallest absolute Gasteiger partial charge is 0.270 e. The van der Waals surface area contributed by atoms with Gasteiger partial charge in [-0.25, -0.2) is 22.5 Å². The second-order valence-electron chi connectivity index (χ2n) is 6.13. The van der Waals surface area contributed by atoms with Crippen molar-refractivity contribution in [3.05, 3.63) is 76.8 Å². The molecule has 1 aromatic carbocycles. The second-order valence-corrected chi connectivity index (χ2v) is 8.30. The summed E-state index contributed by atoms with van der Waals surface area (Å²) >= 11 is 5.63. The highest BCUT2D eigenvalue weighted by Crippen LogP contribution is 2.19. The van der Waals surface area contributed by atoms with E-state index in [0.29, 0.717) is 12.1 Å². The van der Waals surface area contributed by atoms with Crippen LogP contribution in [0.3, 0.4) is 0 Å². The van der Waals surface area contributed by atoms with Gasteiger partial charge in [-0.3, -0.25) is 9.78 Å². The van der Waals surface area contributed by atoms with Gasteiger partial charge in [0.2, 0.25) is 10.0 Å². The summed E-state index contributed by atoms with van der Waals surface area (Å²) in [4.78, 5) is 20.0. The summed E-state index contributed by atoms with van der Waals surface area (Å²) < 4.78 is 41.9. The van der Waals surface area contributed by atoms with Gasteiger partial charge in [0.05, 0.1) is 28.5 Å². The molecule has 0 saturated heterocycles. The highest BCUT2D eigenvalue weighted by molar-refractivity contribution is 7.89. The van der Waals surface area contributed by atoms with Crippen LogP contribution in [0, 0.1) is 5.82 Å². The summed E-state index contributed by atoms with van der Waals surface area (Å²) in [5.41, 5.74) is 1.58. The first-order valence-corrected chi connectivity index (χ1v) is 10.3. The molecule has 3 rings (SSSR count). The number of hydrogen-bond acceptors (Lipinski definition) is 5. The molecule has 2 N–H and O–H groups in total. The van der Waals surface area contributed by atoms with Crippen molar-refractivity contribution in [3.63, 3.8) is 0 Å². The van der Waals surface area contributed by atoms with Crippen molar-refractivity contribution in [1.29, 1.82) is 0 Å². The van der Waals surface area contributed by atoms with Gasteiger partial charge in [-0.05, 0) is 29.8 Å². The molecule has 0 aliphatic rings. The quantitative estimate of drug-likeness (QED) is 0.588. The molecular weight excluding hydrogens is 421 g/mol. The topological polar surface area (TPSA) is 106 Å². The Morgan fingerprint density at radius 2 is 2.00 bits per heavy atom. The third kappa shape index (κ3) is 5.17. The normalized spacial score (nSPS) is 11.4. The van der Waals surface area contributed by atoms with Crippen LogP contribution in [0.5, 0.6) is 0 Å². The number of carbonyl (C=O) groups excluding carboxylic acids is 1. The van der Waals surface area contributed by atoms with Gasteiger partial charge in [-0.2, -0.15) is 0 Å². The highest BCUT2D eigenvalue weighted by Gasteiger charge is 2.16. The van der Waals surface area contributed by atoms with Gasteiger partial charge in [0.1, 0.15) is 11.5 Å². The average molecular weight is 438 g/mol. The number of pyridine rings is 1. The molecule has 0 fully saturated rings. The van der Waals surface area contributed by atoms with Crippen LogP contribution in [0.15, 0.2) is 53.9 Å². The van der Waals surface area contributed by atoms with Crippen LogP contribution in [0.1, 0.15) is 21.7 Å². The summed E-state index contributed by atoms with van der Waals surface area (Å²) in [7, 11) is -2.06. The molecule has 0 aliphatic carbocycles. The molecule has 0 unspecified atom stereocenters. The van der Waals surface area contributed by atoms with Gasteiger partial charge >= 0.3 is 0 Å². The van der Waals surface area contributed by atoms with Crippen molar-refractivity contribution >= 4 is 27.5 Å². The number of amides is 1. The van der Waals surface area contributed by atoms with E-state index in [4.69, 9.17) is 11.6 Å². The predicted octanol–water partition coefficient (Wildman–Crippen LogP) is 2.02. The molecule has 0 saturated carbocycles. The van der Waals surface area contributed by atoms with Gasteiger partial charge in [-0.1, -0.05) is 17.7 Å². The molecule has 3 aromatic rings. The van der Waals surface area contributed by atoms with Crippen molar-refractivity contribution < 1.29 is 17.6 Å². The Balaban J connectivity index is 1.59. The molecular formula is C18H17ClFN5O3S. The van der Waals surface area contributed by atoms with Gasteiger partial charge in [-0.15, -0.1) is 0 Å². The molecule has 11 heteroatoms. The number of sulfonamides is 1. The number of hydrogen-bond donors (Lipinski definition) is 2. The molecule has 0 atom stereocenters. The lowest BCUT2D eigenvalue weighted by Crippen LogP contribution is -2.25. The molecule has 29 heavy (non-hydrogen) atoms. The van der Waals surface area contributed by atoms with E-state index in [1.807, 2.05) is 7.05 Å². The Hall–Kier alpha value is -2.82. The molecule has 152 valence electrons. The van der Waals surface area contributed by atoms with Crippen LogP contribution in [-0.4, -0.2) is 28.9 Å². The minimum Gasteiger partial charge on any atom is -0.345 e. The summed E-state index contributed by atoms with van der Waals surface area (Å²) in [5.74, 6) is -1.06. The number of benzene rings is 1. The number of imidazole rings is 1. The summed E-state index contributed by atoms with van der Waals surface area (Å²) in [6.07, 6.45) is 4.69. The predicted molar refractivity (Wildman–Crippen MR) is 104 cm³/mol. The number of aromatic nitrogens is 3. The Labute approximate surface area is 171 Å². The van der Waals surface area contributed by atoms with Gasteiger partial charge in [0.15, 0.2) is 0 Å². The Morgan fingerprint density at radius 3 is 2.62 bits per heavy atom. The molecule has 0 spiro atoms. The van der Waals surface area contributed by atoms with Crippen molar-refractivity contribution in [2.45, 2.75) is 18.0 Å². The van der Waals surface area contributed by atoms with Crippen LogP contribution in [0.2, 0.25) is 5.02 Å². The van der Waals surface area contributed by atoms with Gasteiger partial charge in [0.25, 0.3) is 5.91 Å². The van der Waals surface area contributed by atoms with Crippen molar-refractivity contribution in [3.8, 4) is 0 Å². The highest BCUT2D eigenvalue weighted by atomic mass is 35.5. The van der Waals surface area contributed by atoms with Crippen LogP contribution in [0.25, 0.3) is 0 Å². The maximum Gasteiger partial charge on any atom is 0.270 e. The van der Waals surface area contributed by atoms with E-state index < -0.39 is 15.8 Å². The van der Waals surface area contributed by atoms with Crippen LogP contribution >= 0.6 is 11.6 Å². The van der Waals surface area contributed by atoms with E-state index >= 15 is 0 Å². The monoisotopic (exact) mass is 437 g/mol. The van der Waals surface area contributed by atoms with E-state index in [-0.39, 0.29) is 28.1 Å². The first-order valence-electron chi connectivity index (χ1n) is 8.39. The SMILES string of the molecule is Cn1cncc1CNC(=O)c1ccc(CNS(=O)(=O)c2ccc(F)c(Cl)c2)cn1. The third-order valence-corrected chi connectivity index (χ3v) is 5.76. The van der Waals surface area contributed by atoms with Crippen molar-refractivity contribution in [2.24, 2.45) is 7.05 Å². The molecule has 0 aliphatic heterocycles. The number of carbonyl (C=O) groups is 1. The first-order chi connectivity index (χ1) is 13.8. The first kappa shape index (κ1) is 20.9. The van der Waals surface area contributed by atoms with E-state index in [9.17, 15) is 17.6 Å². The zero-order valence-electron chi connectivity index (χ0n) is 15.3. The van der Waals surface area contributed by atoms with Gasteiger partial charge in [0, 0.05) is 26.0 Å². The molecule has 0 bridgehead atoms. The van der Waals surface area contributed by atoms with Crippen LogP contribution < -0.4 is 10.0 Å². The van der Waals surface area contributed by atoms with E-state index in [1.165, 1.54) is 12.3 Å². The summed E-state index contributed by atoms with van der Waals surface area (Å²) in [6.45, 7) is 0.250. The summed E-state index contributed by atoms with van der Waals surface area (Å²) in [5, 5.41) is 2.45. The zero-order valence-corrected chi connectivity index (χ0v) is 16.8. The van der Waals surface area contributed by atoms with Crippen molar-refractivity contribution in [2.75, 3.05) is 0 Å². The minimum absolute atomic E-state index is 0.0543. The zero-order chi connectivity index (χ0) is 21.0. The number of halogens is 2. The fourth-order valence-electron chi connectivity index (χ4n) is 2.39. The maximum atomic E-state index is 13.2. The molecule has 8 nitrogen and oxygen atoms in total. The third-order valence-electron chi connectivity index (χ3n) is 4.07. The largest absolute Gasteiger partial charge is 0.345 e. The standard InChI is InChI=1S/C18H17ClFN5O3S/c1-25-11-21-9-13(25)10-23-18(26)17-5-2-12(7-22-17)8-24-29(27,28)14-3-4-16(20)15(19)6-14/h2-7,9,11,24H,8,10H2,1H3,(H,23,26). The van der Waals surface area contributed by atoms with Gasteiger partial charge < -0.3 is 9.88 Å². The number of nitrogens with zero attached hydrogens (tertiary/aromatic N) is 3. The number of aryl methyl sites for hydroxylation is 1. The molecule has 2 heterocycles. The van der Waals surface area contributed by atoms with Crippen molar-refractivity contribution in [1.82, 2.24) is 24.6 Å². The second kappa shape index (κ2) is 8.68. The Morgan fingerprint density at radius 1 is 1.21 bits per heavy atom. The minimum atomic E-state index is -3.88. The molecule has 0 radical (unpaired) electrons. The average Bonchev–Trinajstić information content (AvgIpc) is 3.12. The number of nitrogens with one attached hydrogen (secondary N) is 2. The Kier molecular flexibility index (Phi) is 6.26. The fraction of sp³-hybridized carbons (Fsp3) is 0.167. The van der Waals surface area contributed by atoms with E-state index in [0.717, 1.165) is 23.9 Å². The lowest BCUT2D eigenvalue weighted by atomic mass is 10.2. The maximum absolute atomic E-state index is 13.2. The lowest BCUT2D eigenvalue weighted by Gasteiger charge is -2.08. The van der Waals surface area contributed by atoms with Crippen LogP contribution in [0.4, 0.5) is 4.39 Å². The van der Waals surface area contributed by atoms with Crippen LogP contribution in [-0.2, 0) is 30.2 Å².